The van der Waals surface area contributed by atoms with Crippen LogP contribution in [0.3, 0.4) is 0 Å². The van der Waals surface area contributed by atoms with Crippen molar-refractivity contribution in [2.75, 3.05) is 0 Å². The third kappa shape index (κ3) is 0.689. The maximum atomic E-state index is 10.8. The highest BCUT2D eigenvalue weighted by Gasteiger charge is 2.47. The average molecular weight is 189 g/mol. The summed E-state index contributed by atoms with van der Waals surface area (Å²) in [6.07, 6.45) is 3.20. The molecule has 1 unspecified atom stereocenters. The van der Waals surface area contributed by atoms with Crippen molar-refractivity contribution in [2.45, 2.75) is 24.1 Å². The minimum Gasteiger partial charge on any atom is -0.299 e. The number of carbonyl (C=O) groups excluding carboxylic acids is 1. The maximum absolute atomic E-state index is 10.8. The first-order valence-corrected chi connectivity index (χ1v) is 4.37. The second-order valence-electron chi connectivity index (χ2n) is 3.03. The molecule has 0 saturated heterocycles. The van der Waals surface area contributed by atoms with Crippen LogP contribution in [-0.4, -0.2) is 10.6 Å². The van der Waals surface area contributed by atoms with Gasteiger partial charge in [-0.15, -0.1) is 0 Å². The van der Waals surface area contributed by atoms with Crippen molar-refractivity contribution < 1.29 is 4.79 Å². The van der Waals surface area contributed by atoms with Crippen LogP contribution in [0.25, 0.3) is 0 Å². The number of hydrogen-bond acceptors (Lipinski definition) is 1. The zero-order valence-corrected chi connectivity index (χ0v) is 6.73. The van der Waals surface area contributed by atoms with E-state index in [4.69, 9.17) is 0 Å². The smallest absolute Gasteiger partial charge is 0.136 e. The van der Waals surface area contributed by atoms with Crippen LogP contribution in [0.1, 0.15) is 19.3 Å². The van der Waals surface area contributed by atoms with Crippen LogP contribution in [0.2, 0.25) is 0 Å². The zero-order chi connectivity index (χ0) is 6.43. The van der Waals surface area contributed by atoms with Crippen molar-refractivity contribution in [1.29, 1.82) is 0 Å². The minimum atomic E-state index is 0.453. The van der Waals surface area contributed by atoms with Crippen LogP contribution in [0.5, 0.6) is 0 Å². The highest BCUT2D eigenvalue weighted by atomic mass is 79.9. The van der Waals surface area contributed by atoms with Gasteiger partial charge in [-0.3, -0.25) is 4.79 Å². The molecule has 2 rings (SSSR count). The van der Waals surface area contributed by atoms with Gasteiger partial charge in [0.05, 0.1) is 0 Å². The van der Waals surface area contributed by atoms with E-state index >= 15 is 0 Å². The Kier molecular flexibility index (Phi) is 1.19. The van der Waals surface area contributed by atoms with Crippen molar-refractivity contribution in [3.63, 3.8) is 0 Å². The number of halogens is 1. The molecule has 0 aromatic rings. The van der Waals surface area contributed by atoms with Gasteiger partial charge in [0, 0.05) is 17.2 Å². The van der Waals surface area contributed by atoms with Crippen LogP contribution in [0, 0.1) is 11.8 Å². The number of alkyl halides is 1. The average Bonchev–Trinajstić information content (AvgIpc) is 2.07. The van der Waals surface area contributed by atoms with Gasteiger partial charge < -0.3 is 0 Å². The molecule has 0 heterocycles. The Labute approximate surface area is 62.9 Å². The largest absolute Gasteiger partial charge is 0.299 e. The van der Waals surface area contributed by atoms with Gasteiger partial charge in [-0.05, 0) is 18.8 Å². The number of Topliss-reactive ketones (excluding diaryl/α,β-unsaturated/α-hetero) is 1. The van der Waals surface area contributed by atoms with Gasteiger partial charge in [0.1, 0.15) is 5.78 Å². The molecule has 2 aliphatic carbocycles. The molecule has 2 fully saturated rings. The summed E-state index contributed by atoms with van der Waals surface area (Å²) in [5, 5.41) is 0. The quantitative estimate of drug-likeness (QED) is 0.530. The van der Waals surface area contributed by atoms with E-state index in [-0.39, 0.29) is 0 Å². The first-order chi connectivity index (χ1) is 4.29. The van der Waals surface area contributed by atoms with E-state index < -0.39 is 0 Å². The fourth-order valence-corrected chi connectivity index (χ4v) is 2.73. The van der Waals surface area contributed by atoms with Crippen LogP contribution < -0.4 is 0 Å². The Morgan fingerprint density at radius 2 is 2.22 bits per heavy atom. The third-order valence-electron chi connectivity index (χ3n) is 2.59. The van der Waals surface area contributed by atoms with Crippen molar-refractivity contribution in [3.8, 4) is 0 Å². The van der Waals surface area contributed by atoms with Crippen LogP contribution in [-0.2, 0) is 4.79 Å². The Hall–Kier alpha value is 0.150. The Morgan fingerprint density at radius 1 is 1.44 bits per heavy atom. The summed E-state index contributed by atoms with van der Waals surface area (Å²) in [6, 6.07) is 0. The lowest BCUT2D eigenvalue weighted by atomic mass is 9.75. The molecule has 2 saturated carbocycles. The van der Waals surface area contributed by atoms with Gasteiger partial charge in [0.25, 0.3) is 0 Å². The lowest BCUT2D eigenvalue weighted by Crippen LogP contribution is -2.35. The summed E-state index contributed by atoms with van der Waals surface area (Å²) < 4.78 is 0. The second kappa shape index (κ2) is 1.82. The number of fused-ring (bicyclic) bond motifs is 1. The standard InChI is InChI=1S/C7H9BrO/c8-6-2-1-4-5(6)3-7(4)9/h4-6H,1-3H2/t4-,5-,6?/m1/s1. The van der Waals surface area contributed by atoms with Crippen molar-refractivity contribution in [3.05, 3.63) is 0 Å². The topological polar surface area (TPSA) is 17.1 Å². The molecular formula is C7H9BrO. The van der Waals surface area contributed by atoms with Gasteiger partial charge in [0.2, 0.25) is 0 Å². The normalized spacial score (nSPS) is 48.6. The molecule has 50 valence electrons. The third-order valence-corrected chi connectivity index (χ3v) is 3.72. The van der Waals surface area contributed by atoms with E-state index in [1.165, 1.54) is 6.42 Å². The molecule has 0 aliphatic heterocycles. The van der Waals surface area contributed by atoms with E-state index in [9.17, 15) is 4.79 Å². The zero-order valence-electron chi connectivity index (χ0n) is 5.14. The van der Waals surface area contributed by atoms with Crippen LogP contribution in [0.15, 0.2) is 0 Å². The lowest BCUT2D eigenvalue weighted by Gasteiger charge is -2.30. The van der Waals surface area contributed by atoms with E-state index in [0.29, 0.717) is 22.4 Å². The summed E-state index contributed by atoms with van der Waals surface area (Å²) in [4.78, 5) is 11.5. The first kappa shape index (κ1) is 5.90. The van der Waals surface area contributed by atoms with Crippen LogP contribution in [0.4, 0.5) is 0 Å². The first-order valence-electron chi connectivity index (χ1n) is 3.46. The van der Waals surface area contributed by atoms with Gasteiger partial charge in [-0.25, -0.2) is 0 Å². The number of hydrogen-bond donors (Lipinski definition) is 0. The summed E-state index contributed by atoms with van der Waals surface area (Å²) in [5.74, 6) is 1.66. The summed E-state index contributed by atoms with van der Waals surface area (Å²) in [6.45, 7) is 0. The summed E-state index contributed by atoms with van der Waals surface area (Å²) in [7, 11) is 0. The summed E-state index contributed by atoms with van der Waals surface area (Å²) >= 11 is 3.57. The molecule has 1 nitrogen and oxygen atoms in total. The number of carbonyl (C=O) groups is 1. The molecule has 0 radical (unpaired) electrons. The Morgan fingerprint density at radius 3 is 2.67 bits per heavy atom. The molecule has 0 spiro atoms. The van der Waals surface area contributed by atoms with E-state index in [0.717, 1.165) is 12.8 Å². The molecule has 0 aromatic carbocycles. The monoisotopic (exact) mass is 188 g/mol. The molecule has 0 amide bonds. The molecule has 2 heteroatoms. The van der Waals surface area contributed by atoms with Gasteiger partial charge in [-0.2, -0.15) is 0 Å². The van der Waals surface area contributed by atoms with Gasteiger partial charge >= 0.3 is 0 Å². The van der Waals surface area contributed by atoms with Gasteiger partial charge in [0.15, 0.2) is 0 Å². The van der Waals surface area contributed by atoms with Crippen molar-refractivity contribution in [2.24, 2.45) is 11.8 Å². The molecule has 9 heavy (non-hydrogen) atoms. The lowest BCUT2D eigenvalue weighted by molar-refractivity contribution is -0.132. The maximum Gasteiger partial charge on any atom is 0.136 e. The predicted molar refractivity (Wildman–Crippen MR) is 38.6 cm³/mol. The van der Waals surface area contributed by atoms with E-state index in [1.807, 2.05) is 0 Å². The minimum absolute atomic E-state index is 0.453. The second-order valence-corrected chi connectivity index (χ2v) is 4.21. The molecule has 0 aromatic heterocycles. The highest BCUT2D eigenvalue weighted by molar-refractivity contribution is 9.09. The van der Waals surface area contributed by atoms with E-state index in [1.54, 1.807) is 0 Å². The van der Waals surface area contributed by atoms with Crippen LogP contribution >= 0.6 is 15.9 Å². The van der Waals surface area contributed by atoms with Crippen molar-refractivity contribution >= 4 is 21.7 Å². The van der Waals surface area contributed by atoms with Gasteiger partial charge in [-0.1, -0.05) is 15.9 Å². The highest BCUT2D eigenvalue weighted by Crippen LogP contribution is 2.47. The number of rotatable bonds is 0. The fourth-order valence-electron chi connectivity index (χ4n) is 1.91. The van der Waals surface area contributed by atoms with Crippen molar-refractivity contribution in [1.82, 2.24) is 0 Å². The Bertz CT molecular complexity index is 155. The SMILES string of the molecule is O=C1C[C@H]2C(Br)CC[C@@H]12. The molecule has 0 bridgehead atoms. The fraction of sp³-hybridized carbons (Fsp3) is 0.857. The van der Waals surface area contributed by atoms with E-state index in [2.05, 4.69) is 15.9 Å². The molecule has 0 N–H and O–H groups in total. The molecule has 2 aliphatic rings. The summed E-state index contributed by atoms with van der Waals surface area (Å²) in [5.41, 5.74) is 0. The Balaban J connectivity index is 2.11. The number of ketones is 1. The molecule has 3 atom stereocenters. The molecular weight excluding hydrogens is 180 g/mol. The predicted octanol–water partition coefficient (Wildman–Crippen LogP) is 1.75.